The summed E-state index contributed by atoms with van der Waals surface area (Å²) in [4.78, 5) is 47.3. The maximum atomic E-state index is 11.9. The second kappa shape index (κ2) is 6.67. The molecular weight excluding hydrogens is 342 g/mol. The summed E-state index contributed by atoms with van der Waals surface area (Å²) in [6.07, 6.45) is 0.945. The predicted octanol–water partition coefficient (Wildman–Crippen LogP) is 1.79. The van der Waals surface area contributed by atoms with E-state index in [0.29, 0.717) is 16.5 Å². The second-order valence-electron chi connectivity index (χ2n) is 5.26. The molecular formula is C18H13NO7. The van der Waals surface area contributed by atoms with E-state index in [2.05, 4.69) is 14.8 Å². The molecule has 0 saturated carbocycles. The molecule has 132 valence electrons. The molecule has 1 N–H and O–H groups in total. The van der Waals surface area contributed by atoms with Crippen molar-refractivity contribution in [3.05, 3.63) is 53.2 Å². The summed E-state index contributed by atoms with van der Waals surface area (Å²) in [5.74, 6) is -3.03. The van der Waals surface area contributed by atoms with Gasteiger partial charge in [0, 0.05) is 16.5 Å². The zero-order valence-electron chi connectivity index (χ0n) is 13.8. The quantitative estimate of drug-likeness (QED) is 0.383. The maximum absolute atomic E-state index is 11.9. The summed E-state index contributed by atoms with van der Waals surface area (Å²) >= 11 is 0. The van der Waals surface area contributed by atoms with E-state index in [1.165, 1.54) is 32.4 Å². The fourth-order valence-corrected chi connectivity index (χ4v) is 2.63. The average Bonchev–Trinajstić information content (AvgIpc) is 2.65. The van der Waals surface area contributed by atoms with Crippen LogP contribution in [0.2, 0.25) is 0 Å². The van der Waals surface area contributed by atoms with Crippen molar-refractivity contribution in [3.63, 3.8) is 0 Å². The Morgan fingerprint density at radius 1 is 1.00 bits per heavy atom. The lowest BCUT2D eigenvalue weighted by atomic mass is 9.96. The number of carbonyl (C=O) groups is 4. The van der Waals surface area contributed by atoms with Crippen LogP contribution in [-0.4, -0.2) is 38.1 Å². The van der Waals surface area contributed by atoms with Gasteiger partial charge in [0.15, 0.2) is 0 Å². The van der Waals surface area contributed by atoms with Gasteiger partial charge in [0.2, 0.25) is 0 Å². The Hall–Kier alpha value is -3.68. The van der Waals surface area contributed by atoms with E-state index < -0.39 is 23.9 Å². The van der Waals surface area contributed by atoms with Crippen LogP contribution in [0.4, 0.5) is 5.69 Å². The van der Waals surface area contributed by atoms with Crippen molar-refractivity contribution < 1.29 is 33.4 Å². The van der Waals surface area contributed by atoms with Gasteiger partial charge in [-0.3, -0.25) is 0 Å². The second-order valence-corrected chi connectivity index (χ2v) is 5.26. The number of benzene rings is 2. The molecule has 0 fully saturated rings. The fraction of sp³-hybridized carbons (Fsp3) is 0.111. The smallest absolute Gasteiger partial charge is 0.354 e. The van der Waals surface area contributed by atoms with Crippen LogP contribution >= 0.6 is 0 Å². The summed E-state index contributed by atoms with van der Waals surface area (Å²) in [7, 11) is 2.34. The third-order valence-electron chi connectivity index (χ3n) is 3.80. The van der Waals surface area contributed by atoms with Crippen LogP contribution in [0.15, 0.2) is 42.1 Å². The molecule has 0 bridgehead atoms. The highest BCUT2D eigenvalue weighted by Gasteiger charge is 2.28. The predicted molar refractivity (Wildman–Crippen MR) is 89.4 cm³/mol. The fourth-order valence-electron chi connectivity index (χ4n) is 2.63. The number of anilines is 1. The van der Waals surface area contributed by atoms with Crippen LogP contribution in [0.1, 0.15) is 20.7 Å². The van der Waals surface area contributed by atoms with E-state index in [1.807, 2.05) is 0 Å². The van der Waals surface area contributed by atoms with E-state index in [1.54, 1.807) is 12.1 Å². The van der Waals surface area contributed by atoms with E-state index in [0.717, 1.165) is 6.08 Å². The molecule has 0 atom stereocenters. The zero-order valence-corrected chi connectivity index (χ0v) is 13.8. The lowest BCUT2D eigenvalue weighted by molar-refractivity contribution is -0.138. The van der Waals surface area contributed by atoms with Gasteiger partial charge in [-0.05, 0) is 18.2 Å². The highest BCUT2D eigenvalue weighted by Crippen LogP contribution is 2.34. The lowest BCUT2D eigenvalue weighted by Crippen LogP contribution is -2.20. The van der Waals surface area contributed by atoms with Gasteiger partial charge in [-0.2, -0.15) is 0 Å². The van der Waals surface area contributed by atoms with Crippen molar-refractivity contribution in [3.8, 4) is 0 Å². The largest absolute Gasteiger partial charge is 0.466 e. The molecule has 0 spiro atoms. The van der Waals surface area contributed by atoms with Crippen molar-refractivity contribution in [2.45, 2.75) is 0 Å². The van der Waals surface area contributed by atoms with E-state index in [4.69, 9.17) is 4.74 Å². The first-order valence-corrected chi connectivity index (χ1v) is 7.43. The topological polar surface area (TPSA) is 108 Å². The van der Waals surface area contributed by atoms with E-state index in [9.17, 15) is 19.2 Å². The zero-order chi connectivity index (χ0) is 18.8. The van der Waals surface area contributed by atoms with Gasteiger partial charge < -0.3 is 19.5 Å². The molecule has 0 aromatic heterocycles. The van der Waals surface area contributed by atoms with Crippen molar-refractivity contribution in [2.75, 3.05) is 19.5 Å². The number of hydrogen-bond acceptors (Lipinski definition) is 8. The summed E-state index contributed by atoms with van der Waals surface area (Å²) in [6.45, 7) is 0. The Bertz CT molecular complexity index is 970. The number of methoxy groups -OCH3 is 2. The van der Waals surface area contributed by atoms with Crippen LogP contribution in [0.5, 0.6) is 0 Å². The van der Waals surface area contributed by atoms with E-state index >= 15 is 0 Å². The van der Waals surface area contributed by atoms with Crippen molar-refractivity contribution >= 4 is 40.3 Å². The van der Waals surface area contributed by atoms with Crippen LogP contribution in [0, 0.1) is 0 Å². The van der Waals surface area contributed by atoms with Crippen molar-refractivity contribution in [1.82, 2.24) is 0 Å². The van der Waals surface area contributed by atoms with Gasteiger partial charge in [-0.1, -0.05) is 12.1 Å². The molecule has 2 aromatic rings. The molecule has 8 nitrogen and oxygen atoms in total. The minimum absolute atomic E-state index is 0.162. The summed E-state index contributed by atoms with van der Waals surface area (Å²) in [6, 6.07) is 7.83. The molecule has 3 rings (SSSR count). The Labute approximate surface area is 147 Å². The number of ether oxygens (including phenoxy) is 3. The third-order valence-corrected chi connectivity index (χ3v) is 3.80. The van der Waals surface area contributed by atoms with Crippen LogP contribution < -0.4 is 5.32 Å². The monoisotopic (exact) mass is 355 g/mol. The van der Waals surface area contributed by atoms with Gasteiger partial charge in [-0.25, -0.2) is 19.2 Å². The standard InChI is InChI=1S/C18H13NO7/c1-24-14(20)8-13(18(23)25-2)19-12-7-6-11-15-9(12)4-3-5-10(15)16(21)26-17(11)22/h3-8,19H,1-2H3/b13-8+. The highest BCUT2D eigenvalue weighted by molar-refractivity contribution is 6.22. The van der Waals surface area contributed by atoms with Crippen molar-refractivity contribution in [2.24, 2.45) is 0 Å². The first-order chi connectivity index (χ1) is 12.5. The number of esters is 4. The molecule has 1 aliphatic rings. The van der Waals surface area contributed by atoms with Crippen LogP contribution in [-0.2, 0) is 23.8 Å². The normalized spacial score (nSPS) is 13.2. The molecule has 0 amide bonds. The Balaban J connectivity index is 2.15. The first kappa shape index (κ1) is 17.2. The van der Waals surface area contributed by atoms with Crippen molar-refractivity contribution in [1.29, 1.82) is 0 Å². The minimum atomic E-state index is -0.786. The molecule has 0 radical (unpaired) electrons. The number of rotatable bonds is 4. The van der Waals surface area contributed by atoms with Gasteiger partial charge in [0.25, 0.3) is 0 Å². The Morgan fingerprint density at radius 3 is 2.35 bits per heavy atom. The summed E-state index contributed by atoms with van der Waals surface area (Å²) in [5, 5.41) is 3.70. The lowest BCUT2D eigenvalue weighted by Gasteiger charge is -2.18. The molecule has 0 unspecified atom stereocenters. The molecule has 1 heterocycles. The van der Waals surface area contributed by atoms with Crippen LogP contribution in [0.3, 0.4) is 0 Å². The molecule has 0 aliphatic carbocycles. The molecule has 26 heavy (non-hydrogen) atoms. The molecule has 0 saturated heterocycles. The summed E-state index contributed by atoms with van der Waals surface area (Å²) < 4.78 is 13.9. The van der Waals surface area contributed by atoms with Crippen LogP contribution in [0.25, 0.3) is 10.8 Å². The van der Waals surface area contributed by atoms with Gasteiger partial charge in [0.1, 0.15) is 5.70 Å². The third kappa shape index (κ3) is 2.88. The SMILES string of the molecule is COC(=O)/C=C(/Nc1ccc2c3c(cccc13)C(=O)OC2=O)C(=O)OC. The Morgan fingerprint density at radius 2 is 1.69 bits per heavy atom. The van der Waals surface area contributed by atoms with Gasteiger partial charge >= 0.3 is 23.9 Å². The van der Waals surface area contributed by atoms with Gasteiger partial charge in [0.05, 0.1) is 31.4 Å². The highest BCUT2D eigenvalue weighted by atomic mass is 16.6. The molecule has 2 aromatic carbocycles. The molecule has 1 aliphatic heterocycles. The number of hydrogen-bond donors (Lipinski definition) is 1. The minimum Gasteiger partial charge on any atom is -0.466 e. The summed E-state index contributed by atoms with van der Waals surface area (Å²) in [5.41, 5.74) is 0.702. The van der Waals surface area contributed by atoms with E-state index in [-0.39, 0.29) is 16.8 Å². The first-order valence-electron chi connectivity index (χ1n) is 7.43. The Kier molecular flexibility index (Phi) is 4.40. The number of carbonyl (C=O) groups excluding carboxylic acids is 4. The number of nitrogens with one attached hydrogen (secondary N) is 1. The average molecular weight is 355 g/mol. The maximum Gasteiger partial charge on any atom is 0.354 e. The number of cyclic esters (lactones) is 2. The van der Waals surface area contributed by atoms with Gasteiger partial charge in [-0.15, -0.1) is 0 Å². The molecule has 8 heteroatoms.